The average molecular weight is 422 g/mol. The number of amides is 1. The number of aryl methyl sites for hydroxylation is 2. The minimum Gasteiger partial charge on any atom is -0.455 e. The fourth-order valence-corrected chi connectivity index (χ4v) is 3.52. The maximum atomic E-state index is 12.5. The van der Waals surface area contributed by atoms with Crippen LogP contribution >= 0.6 is 0 Å². The van der Waals surface area contributed by atoms with Gasteiger partial charge in [-0.3, -0.25) is 19.1 Å². The number of likely N-dealkylation sites (N-methyl/N-ethyl adjacent to an activating group) is 1. The number of hydrogen-bond donors (Lipinski definition) is 1. The van der Waals surface area contributed by atoms with E-state index >= 15 is 0 Å². The Bertz CT molecular complexity index is 1030. The first-order chi connectivity index (χ1) is 13.5. The lowest BCUT2D eigenvalue weighted by molar-refractivity contribution is -0.147. The van der Waals surface area contributed by atoms with Crippen LogP contribution in [0.25, 0.3) is 0 Å². The summed E-state index contributed by atoms with van der Waals surface area (Å²) in [4.78, 5) is 35.0. The van der Waals surface area contributed by atoms with Gasteiger partial charge in [-0.25, -0.2) is 8.42 Å². The van der Waals surface area contributed by atoms with E-state index in [9.17, 15) is 22.8 Å². The Morgan fingerprint density at radius 1 is 1.21 bits per heavy atom. The fourth-order valence-electron chi connectivity index (χ4n) is 2.41. The highest BCUT2D eigenvalue weighted by molar-refractivity contribution is 7.89. The number of benzene rings is 1. The van der Waals surface area contributed by atoms with Crippen LogP contribution < -0.4 is 5.32 Å². The Labute approximate surface area is 168 Å². The predicted octanol–water partition coefficient (Wildman–Crippen LogP) is 0.734. The van der Waals surface area contributed by atoms with Crippen LogP contribution in [0.5, 0.6) is 0 Å². The second-order valence-corrected chi connectivity index (χ2v) is 8.39. The number of Topliss-reactive ketones (excluding diaryl/α,β-unsaturated/α-hetero) is 1. The van der Waals surface area contributed by atoms with Gasteiger partial charge in [0.2, 0.25) is 10.0 Å². The zero-order chi connectivity index (χ0) is 21.8. The van der Waals surface area contributed by atoms with Gasteiger partial charge >= 0.3 is 5.97 Å². The largest absolute Gasteiger partial charge is 0.455 e. The summed E-state index contributed by atoms with van der Waals surface area (Å²) in [7, 11) is -1.09. The first-order valence-electron chi connectivity index (χ1n) is 8.54. The van der Waals surface area contributed by atoms with E-state index in [1.54, 1.807) is 20.0 Å². The van der Waals surface area contributed by atoms with Crippen LogP contribution in [-0.2, 0) is 31.4 Å². The highest BCUT2D eigenvalue weighted by Crippen LogP contribution is 2.15. The lowest BCUT2D eigenvalue weighted by Crippen LogP contribution is -2.34. The third-order valence-corrected chi connectivity index (χ3v) is 5.77. The molecule has 0 saturated carbocycles. The highest BCUT2D eigenvalue weighted by Gasteiger charge is 2.24. The number of rotatable bonds is 8. The molecule has 0 unspecified atom stereocenters. The van der Waals surface area contributed by atoms with Crippen molar-refractivity contribution in [1.29, 1.82) is 0 Å². The molecule has 1 amide bonds. The molecule has 10 nitrogen and oxygen atoms in total. The highest BCUT2D eigenvalue weighted by atomic mass is 32.2. The third kappa shape index (κ3) is 5.72. The normalized spacial score (nSPS) is 11.3. The smallest absolute Gasteiger partial charge is 0.321 e. The van der Waals surface area contributed by atoms with Crippen molar-refractivity contribution >= 4 is 33.5 Å². The molecule has 29 heavy (non-hydrogen) atoms. The molecule has 0 fully saturated rings. The maximum Gasteiger partial charge on any atom is 0.321 e. The van der Waals surface area contributed by atoms with E-state index in [0.717, 1.165) is 4.31 Å². The van der Waals surface area contributed by atoms with Gasteiger partial charge in [-0.15, -0.1) is 0 Å². The minimum absolute atomic E-state index is 0.0675. The van der Waals surface area contributed by atoms with Crippen LogP contribution in [0.1, 0.15) is 23.0 Å². The summed E-state index contributed by atoms with van der Waals surface area (Å²) >= 11 is 0. The number of ether oxygens (including phenoxy) is 1. The molecular formula is C18H22N4O6S. The third-order valence-electron chi connectivity index (χ3n) is 3.95. The van der Waals surface area contributed by atoms with Gasteiger partial charge in [0.25, 0.3) is 5.91 Å². The van der Waals surface area contributed by atoms with Crippen LogP contribution in [-0.4, -0.2) is 60.4 Å². The van der Waals surface area contributed by atoms with Gasteiger partial charge in [-0.1, -0.05) is 12.1 Å². The van der Waals surface area contributed by atoms with E-state index in [0.29, 0.717) is 17.1 Å². The quantitative estimate of drug-likeness (QED) is 0.491. The van der Waals surface area contributed by atoms with Crippen molar-refractivity contribution < 1.29 is 27.5 Å². The average Bonchev–Trinajstić information content (AvgIpc) is 2.96. The van der Waals surface area contributed by atoms with Gasteiger partial charge in [0.1, 0.15) is 12.4 Å². The summed E-state index contributed by atoms with van der Waals surface area (Å²) < 4.78 is 32.1. The molecule has 0 radical (unpaired) electrons. The number of carbonyl (C=O) groups is 3. The number of ketones is 1. The van der Waals surface area contributed by atoms with E-state index in [-0.39, 0.29) is 10.7 Å². The van der Waals surface area contributed by atoms with Crippen LogP contribution in [0.3, 0.4) is 0 Å². The van der Waals surface area contributed by atoms with Gasteiger partial charge in [0.05, 0.1) is 10.6 Å². The topological polar surface area (TPSA) is 128 Å². The van der Waals surface area contributed by atoms with Crippen molar-refractivity contribution in [3.63, 3.8) is 0 Å². The molecule has 0 spiro atoms. The van der Waals surface area contributed by atoms with Gasteiger partial charge in [-0.05, 0) is 26.0 Å². The first-order valence-corrected chi connectivity index (χ1v) is 9.98. The molecule has 1 N–H and O–H groups in total. The molecule has 11 heteroatoms. The van der Waals surface area contributed by atoms with Crippen molar-refractivity contribution in [3.05, 3.63) is 41.6 Å². The van der Waals surface area contributed by atoms with Gasteiger partial charge in [-0.2, -0.15) is 9.40 Å². The SMILES string of the molecule is CC(=O)c1ccc(S(=O)(=O)N(C)CC(=O)OCC(=O)Nc2cc(C)nn2C)cc1. The van der Waals surface area contributed by atoms with E-state index in [2.05, 4.69) is 10.4 Å². The molecule has 1 heterocycles. The second kappa shape index (κ2) is 8.97. The zero-order valence-corrected chi connectivity index (χ0v) is 17.3. The number of esters is 1. The van der Waals surface area contributed by atoms with Crippen molar-refractivity contribution in [1.82, 2.24) is 14.1 Å². The van der Waals surface area contributed by atoms with Crippen molar-refractivity contribution in [2.75, 3.05) is 25.5 Å². The Kier molecular flexibility index (Phi) is 6.88. The summed E-state index contributed by atoms with van der Waals surface area (Å²) in [6.07, 6.45) is 0. The maximum absolute atomic E-state index is 12.5. The van der Waals surface area contributed by atoms with Crippen molar-refractivity contribution in [3.8, 4) is 0 Å². The predicted molar refractivity (Wildman–Crippen MR) is 104 cm³/mol. The molecule has 0 bridgehead atoms. The van der Waals surface area contributed by atoms with Crippen LogP contribution in [0, 0.1) is 6.92 Å². The molecule has 2 rings (SSSR count). The van der Waals surface area contributed by atoms with E-state index in [1.165, 1.54) is 42.9 Å². The molecular weight excluding hydrogens is 400 g/mol. The van der Waals surface area contributed by atoms with Gasteiger partial charge < -0.3 is 10.1 Å². The Morgan fingerprint density at radius 2 is 1.83 bits per heavy atom. The Morgan fingerprint density at radius 3 is 2.34 bits per heavy atom. The molecule has 0 saturated heterocycles. The summed E-state index contributed by atoms with van der Waals surface area (Å²) in [5, 5.41) is 6.61. The number of hydrogen-bond acceptors (Lipinski definition) is 7. The molecule has 2 aromatic rings. The number of aromatic nitrogens is 2. The molecule has 156 valence electrons. The van der Waals surface area contributed by atoms with Crippen LogP contribution in [0.4, 0.5) is 5.82 Å². The molecule has 0 atom stereocenters. The van der Waals surface area contributed by atoms with Crippen LogP contribution in [0.15, 0.2) is 35.2 Å². The summed E-state index contributed by atoms with van der Waals surface area (Å²) in [6, 6.07) is 7.02. The van der Waals surface area contributed by atoms with E-state index in [4.69, 9.17) is 4.74 Å². The molecule has 0 aliphatic rings. The molecule has 1 aromatic heterocycles. The monoisotopic (exact) mass is 422 g/mol. The lowest BCUT2D eigenvalue weighted by Gasteiger charge is -2.16. The number of sulfonamides is 1. The lowest BCUT2D eigenvalue weighted by atomic mass is 10.2. The summed E-state index contributed by atoms with van der Waals surface area (Å²) in [5.41, 5.74) is 1.09. The van der Waals surface area contributed by atoms with E-state index in [1.807, 2.05) is 0 Å². The van der Waals surface area contributed by atoms with Crippen molar-refractivity contribution in [2.45, 2.75) is 18.7 Å². The molecule has 1 aromatic carbocycles. The van der Waals surface area contributed by atoms with Crippen LogP contribution in [0.2, 0.25) is 0 Å². The number of nitrogens with one attached hydrogen (secondary N) is 1. The van der Waals surface area contributed by atoms with Crippen molar-refractivity contribution in [2.24, 2.45) is 7.05 Å². The zero-order valence-electron chi connectivity index (χ0n) is 16.5. The Hall–Kier alpha value is -3.05. The molecule has 0 aliphatic heterocycles. The first kappa shape index (κ1) is 22.2. The summed E-state index contributed by atoms with van der Waals surface area (Å²) in [6.45, 7) is 2.00. The van der Waals surface area contributed by atoms with E-state index < -0.39 is 35.1 Å². The second-order valence-electron chi connectivity index (χ2n) is 6.35. The molecule has 0 aliphatic carbocycles. The number of carbonyl (C=O) groups excluding carboxylic acids is 3. The minimum atomic E-state index is -3.96. The Balaban J connectivity index is 1.91. The summed E-state index contributed by atoms with van der Waals surface area (Å²) in [5.74, 6) is -1.21. The van der Waals surface area contributed by atoms with Gasteiger partial charge in [0, 0.05) is 25.7 Å². The number of nitrogens with zero attached hydrogens (tertiary/aromatic N) is 3. The van der Waals surface area contributed by atoms with Gasteiger partial charge in [0.15, 0.2) is 12.4 Å². The fraction of sp³-hybridized carbons (Fsp3) is 0.333. The standard InChI is InChI=1S/C18H22N4O6S/c1-12-9-16(22(4)20-12)19-17(24)11-28-18(25)10-21(3)29(26,27)15-7-5-14(6-8-15)13(2)23/h5-9H,10-11H2,1-4H3,(H,19,24). The number of anilines is 1.